The lowest BCUT2D eigenvalue weighted by atomic mass is 10.2. The quantitative estimate of drug-likeness (QED) is 0.300. The first kappa shape index (κ1) is 14.2. The summed E-state index contributed by atoms with van der Waals surface area (Å²) in [5, 5.41) is 20.6. The van der Waals surface area contributed by atoms with Crippen LogP contribution in [0.25, 0.3) is 0 Å². The molecule has 0 aliphatic rings. The van der Waals surface area contributed by atoms with E-state index >= 15 is 0 Å². The van der Waals surface area contributed by atoms with Gasteiger partial charge in [-0.05, 0) is 12.1 Å². The number of hydrogen-bond acceptors (Lipinski definition) is 4. The average molecular weight is 314 g/mol. The van der Waals surface area contributed by atoms with Gasteiger partial charge in [0.05, 0.1) is 27.4 Å². The number of rotatable bonds is 3. The van der Waals surface area contributed by atoms with Crippen molar-refractivity contribution < 1.29 is 10.0 Å². The molecule has 1 amide bonds. The first-order valence-corrected chi connectivity index (χ1v) is 6.06. The van der Waals surface area contributed by atoms with Crippen LogP contribution in [0.2, 0.25) is 10.0 Å². The van der Waals surface area contributed by atoms with Crippen molar-refractivity contribution in [1.29, 1.82) is 0 Å². The van der Waals surface area contributed by atoms with Crippen LogP contribution in [0, 0.1) is 0 Å². The van der Waals surface area contributed by atoms with Crippen molar-refractivity contribution in [3.05, 3.63) is 45.6 Å². The van der Waals surface area contributed by atoms with Crippen molar-refractivity contribution in [1.82, 2.24) is 10.2 Å². The van der Waals surface area contributed by atoms with Crippen molar-refractivity contribution in [2.45, 2.75) is 0 Å². The predicted octanol–water partition coefficient (Wildman–Crippen LogP) is 2.06. The molecule has 20 heavy (non-hydrogen) atoms. The highest BCUT2D eigenvalue weighted by Crippen LogP contribution is 2.25. The second kappa shape index (κ2) is 5.81. The molecule has 0 saturated heterocycles. The lowest BCUT2D eigenvalue weighted by Gasteiger charge is -2.08. The van der Waals surface area contributed by atoms with Gasteiger partial charge in [0.1, 0.15) is 5.82 Å². The monoisotopic (exact) mass is 313 g/mol. The summed E-state index contributed by atoms with van der Waals surface area (Å²) in [5.74, 6) is -0.572. The van der Waals surface area contributed by atoms with Gasteiger partial charge in [-0.3, -0.25) is 9.89 Å². The summed E-state index contributed by atoms with van der Waals surface area (Å²) in [7, 11) is 0. The molecule has 1 aromatic heterocycles. The fraction of sp³-hybridized carbons (Fsp3) is 0. The van der Waals surface area contributed by atoms with E-state index in [1.54, 1.807) is 18.2 Å². The molecular formula is C11H9Cl2N5O2. The van der Waals surface area contributed by atoms with Gasteiger partial charge in [-0.1, -0.05) is 34.4 Å². The Hall–Kier alpha value is -2.25. The van der Waals surface area contributed by atoms with Gasteiger partial charge in [0.15, 0.2) is 5.84 Å². The van der Waals surface area contributed by atoms with Crippen LogP contribution in [0.5, 0.6) is 0 Å². The average Bonchev–Trinajstić information content (AvgIpc) is 2.85. The van der Waals surface area contributed by atoms with Gasteiger partial charge in [-0.25, -0.2) is 0 Å². The third-order valence-electron chi connectivity index (χ3n) is 2.45. The second-order valence-electron chi connectivity index (χ2n) is 3.69. The fourth-order valence-electron chi connectivity index (χ4n) is 1.52. The van der Waals surface area contributed by atoms with Crippen LogP contribution < -0.4 is 11.1 Å². The highest BCUT2D eigenvalue weighted by Gasteiger charge is 2.18. The summed E-state index contributed by atoms with van der Waals surface area (Å²) < 4.78 is 0. The number of H-pyrrole nitrogens is 1. The lowest BCUT2D eigenvalue weighted by molar-refractivity contribution is 0.102. The summed E-state index contributed by atoms with van der Waals surface area (Å²) in [5.41, 5.74) is 5.81. The van der Waals surface area contributed by atoms with E-state index in [1.807, 2.05) is 0 Å². The second-order valence-corrected chi connectivity index (χ2v) is 4.51. The number of amidine groups is 1. The first-order chi connectivity index (χ1) is 9.54. The molecule has 9 heteroatoms. The molecule has 104 valence electrons. The number of benzene rings is 1. The van der Waals surface area contributed by atoms with Crippen molar-refractivity contribution in [3.63, 3.8) is 0 Å². The number of halogens is 2. The van der Waals surface area contributed by atoms with Gasteiger partial charge >= 0.3 is 0 Å². The Morgan fingerprint density at radius 3 is 2.65 bits per heavy atom. The topological polar surface area (TPSA) is 116 Å². The summed E-state index contributed by atoms with van der Waals surface area (Å²) in [6.07, 6.45) is 1.30. The number of nitrogens with one attached hydrogen (secondary N) is 2. The SMILES string of the molecule is NC(=NO)c1cn[nH]c1NC(=O)c1c(Cl)cccc1Cl. The minimum atomic E-state index is -0.545. The number of oxime groups is 1. The van der Waals surface area contributed by atoms with Crippen LogP contribution in [0.4, 0.5) is 5.82 Å². The first-order valence-electron chi connectivity index (χ1n) is 5.31. The molecule has 1 aromatic carbocycles. The molecule has 0 atom stereocenters. The van der Waals surface area contributed by atoms with Gasteiger partial charge in [-0.2, -0.15) is 5.10 Å². The predicted molar refractivity (Wildman–Crippen MR) is 75.5 cm³/mol. The van der Waals surface area contributed by atoms with E-state index in [4.69, 9.17) is 34.1 Å². The zero-order valence-electron chi connectivity index (χ0n) is 9.89. The molecule has 0 saturated carbocycles. The Bertz CT molecular complexity index is 663. The lowest BCUT2D eigenvalue weighted by Crippen LogP contribution is -2.19. The number of carbonyl (C=O) groups is 1. The van der Waals surface area contributed by atoms with E-state index in [9.17, 15) is 4.79 Å². The highest BCUT2D eigenvalue weighted by atomic mass is 35.5. The minimum absolute atomic E-state index is 0.121. The Labute approximate surface area is 123 Å². The van der Waals surface area contributed by atoms with Crippen molar-refractivity contribution in [3.8, 4) is 0 Å². The molecule has 2 aromatic rings. The van der Waals surface area contributed by atoms with Crippen molar-refractivity contribution >= 4 is 40.8 Å². The van der Waals surface area contributed by atoms with E-state index in [1.165, 1.54) is 6.20 Å². The number of anilines is 1. The van der Waals surface area contributed by atoms with Crippen LogP contribution in [0.1, 0.15) is 15.9 Å². The van der Waals surface area contributed by atoms with Gasteiger partial charge < -0.3 is 16.3 Å². The standard InChI is InChI=1S/C11H9Cl2N5O2/c12-6-2-1-3-7(13)8(6)11(19)16-10-5(4-15-17-10)9(14)18-20/h1-4,20H,(H2,14,18)(H2,15,16,17,19). The number of nitrogens with zero attached hydrogens (tertiary/aromatic N) is 2. The van der Waals surface area contributed by atoms with Gasteiger partial charge in [-0.15, -0.1) is 0 Å². The zero-order chi connectivity index (χ0) is 14.7. The molecule has 7 nitrogen and oxygen atoms in total. The van der Waals surface area contributed by atoms with Crippen molar-refractivity contribution in [2.75, 3.05) is 5.32 Å². The number of amides is 1. The summed E-state index contributed by atoms with van der Waals surface area (Å²) in [6.45, 7) is 0. The molecule has 2 rings (SSSR count). The fourth-order valence-corrected chi connectivity index (χ4v) is 2.09. The minimum Gasteiger partial charge on any atom is -0.409 e. The van der Waals surface area contributed by atoms with Crippen LogP contribution in [0.3, 0.4) is 0 Å². The molecule has 0 aliphatic heterocycles. The van der Waals surface area contributed by atoms with Gasteiger partial charge in [0.2, 0.25) is 0 Å². The number of carbonyl (C=O) groups excluding carboxylic acids is 1. The third-order valence-corrected chi connectivity index (χ3v) is 3.08. The van der Waals surface area contributed by atoms with Crippen LogP contribution in [-0.4, -0.2) is 27.1 Å². The van der Waals surface area contributed by atoms with E-state index in [0.717, 1.165) is 0 Å². The number of nitrogens with two attached hydrogens (primary N) is 1. The third kappa shape index (κ3) is 2.68. The van der Waals surface area contributed by atoms with E-state index in [2.05, 4.69) is 20.7 Å². The Morgan fingerprint density at radius 1 is 1.40 bits per heavy atom. The van der Waals surface area contributed by atoms with Gasteiger partial charge in [0.25, 0.3) is 5.91 Å². The molecule has 0 unspecified atom stereocenters. The van der Waals surface area contributed by atoms with E-state index in [0.29, 0.717) is 0 Å². The summed E-state index contributed by atoms with van der Waals surface area (Å²) in [6, 6.07) is 4.71. The smallest absolute Gasteiger partial charge is 0.259 e. The molecule has 0 fully saturated rings. The molecule has 0 aliphatic carbocycles. The maximum absolute atomic E-state index is 12.1. The normalized spacial score (nSPS) is 11.4. The Morgan fingerprint density at radius 2 is 2.05 bits per heavy atom. The van der Waals surface area contributed by atoms with Gasteiger partial charge in [0, 0.05) is 0 Å². The maximum atomic E-state index is 12.1. The number of aromatic amines is 1. The molecule has 0 bridgehead atoms. The van der Waals surface area contributed by atoms with E-state index in [-0.39, 0.29) is 32.8 Å². The zero-order valence-corrected chi connectivity index (χ0v) is 11.4. The summed E-state index contributed by atoms with van der Waals surface area (Å²) in [4.78, 5) is 12.1. The molecule has 0 spiro atoms. The summed E-state index contributed by atoms with van der Waals surface area (Å²) >= 11 is 11.9. The highest BCUT2D eigenvalue weighted by molar-refractivity contribution is 6.40. The largest absolute Gasteiger partial charge is 0.409 e. The maximum Gasteiger partial charge on any atom is 0.259 e. The number of aromatic nitrogens is 2. The Kier molecular flexibility index (Phi) is 4.11. The molecule has 5 N–H and O–H groups in total. The Balaban J connectivity index is 2.32. The van der Waals surface area contributed by atoms with Crippen LogP contribution in [0.15, 0.2) is 29.6 Å². The molecule has 0 radical (unpaired) electrons. The van der Waals surface area contributed by atoms with Crippen LogP contribution in [-0.2, 0) is 0 Å². The number of hydrogen-bond donors (Lipinski definition) is 4. The van der Waals surface area contributed by atoms with Crippen molar-refractivity contribution in [2.24, 2.45) is 10.9 Å². The molecule has 1 heterocycles. The molecular weight excluding hydrogens is 305 g/mol. The van der Waals surface area contributed by atoms with E-state index < -0.39 is 5.91 Å². The van der Waals surface area contributed by atoms with Crippen LogP contribution >= 0.6 is 23.2 Å².